The number of nitrogens with zero attached hydrogens (tertiary/aromatic N) is 3. The fourth-order valence-electron chi connectivity index (χ4n) is 1.85. The van der Waals surface area contributed by atoms with E-state index in [0.29, 0.717) is 17.8 Å². The summed E-state index contributed by atoms with van der Waals surface area (Å²) in [5.74, 6) is -0.553. The highest BCUT2D eigenvalue weighted by atomic mass is 32.2. The van der Waals surface area contributed by atoms with Gasteiger partial charge in [0.05, 0.1) is 30.7 Å². The van der Waals surface area contributed by atoms with Crippen molar-refractivity contribution in [1.82, 2.24) is 15.0 Å². The molecule has 1 aromatic heterocycles. The number of aromatic nitrogens is 3. The van der Waals surface area contributed by atoms with Gasteiger partial charge in [-0.25, -0.2) is 17.9 Å². The van der Waals surface area contributed by atoms with Crippen molar-refractivity contribution in [3.63, 3.8) is 0 Å². The zero-order valence-electron chi connectivity index (χ0n) is 11.7. The summed E-state index contributed by atoms with van der Waals surface area (Å²) < 4.78 is 28.6. The molecule has 0 spiro atoms. The third-order valence-corrected chi connectivity index (χ3v) is 3.51. The number of benzene rings is 1. The van der Waals surface area contributed by atoms with Crippen LogP contribution < -0.4 is 0 Å². The Morgan fingerprint density at radius 1 is 1.38 bits per heavy atom. The SMILES string of the molecule is COC(=O)c1cccc(Cn2cc(CS(C)(=O)=O)nn2)c1. The Morgan fingerprint density at radius 3 is 2.81 bits per heavy atom. The van der Waals surface area contributed by atoms with Crippen molar-refractivity contribution >= 4 is 15.8 Å². The topological polar surface area (TPSA) is 91.2 Å². The van der Waals surface area contributed by atoms with E-state index in [0.717, 1.165) is 11.8 Å². The Labute approximate surface area is 122 Å². The third-order valence-electron chi connectivity index (χ3n) is 2.69. The molecule has 2 rings (SSSR count). The van der Waals surface area contributed by atoms with Crippen molar-refractivity contribution < 1.29 is 17.9 Å². The first-order valence-electron chi connectivity index (χ1n) is 6.11. The molecule has 21 heavy (non-hydrogen) atoms. The highest BCUT2D eigenvalue weighted by Gasteiger charge is 2.10. The Hall–Kier alpha value is -2.22. The zero-order valence-corrected chi connectivity index (χ0v) is 12.5. The van der Waals surface area contributed by atoms with Gasteiger partial charge in [0.2, 0.25) is 0 Å². The summed E-state index contributed by atoms with van der Waals surface area (Å²) in [5, 5.41) is 7.69. The molecule has 0 aliphatic carbocycles. The molecule has 0 aliphatic rings. The highest BCUT2D eigenvalue weighted by molar-refractivity contribution is 7.89. The molecule has 0 atom stereocenters. The van der Waals surface area contributed by atoms with Crippen LogP contribution in [0.4, 0.5) is 0 Å². The van der Waals surface area contributed by atoms with E-state index >= 15 is 0 Å². The van der Waals surface area contributed by atoms with Crippen molar-refractivity contribution in [1.29, 1.82) is 0 Å². The van der Waals surface area contributed by atoms with Crippen LogP contribution in [0.1, 0.15) is 21.6 Å². The van der Waals surface area contributed by atoms with Gasteiger partial charge in [-0.15, -0.1) is 5.10 Å². The van der Waals surface area contributed by atoms with Crippen LogP contribution in [0.3, 0.4) is 0 Å². The lowest BCUT2D eigenvalue weighted by atomic mass is 10.1. The maximum atomic E-state index is 11.5. The molecule has 0 amide bonds. The average Bonchev–Trinajstić information content (AvgIpc) is 2.83. The first-order valence-corrected chi connectivity index (χ1v) is 8.17. The Kier molecular flexibility index (Phi) is 4.37. The molecule has 0 fully saturated rings. The van der Waals surface area contributed by atoms with E-state index in [9.17, 15) is 13.2 Å². The van der Waals surface area contributed by atoms with Gasteiger partial charge in [-0.1, -0.05) is 17.3 Å². The molecule has 1 heterocycles. The normalized spacial score (nSPS) is 11.3. The monoisotopic (exact) mass is 309 g/mol. The number of hydrogen-bond donors (Lipinski definition) is 0. The lowest BCUT2D eigenvalue weighted by Crippen LogP contribution is -2.04. The maximum absolute atomic E-state index is 11.5. The van der Waals surface area contributed by atoms with Crippen LogP contribution in [0.5, 0.6) is 0 Å². The van der Waals surface area contributed by atoms with Crippen LogP contribution in [0.2, 0.25) is 0 Å². The van der Waals surface area contributed by atoms with E-state index in [4.69, 9.17) is 0 Å². The van der Waals surface area contributed by atoms with Crippen LogP contribution in [-0.4, -0.2) is 42.7 Å². The Bertz CT molecular complexity index is 752. The van der Waals surface area contributed by atoms with Gasteiger partial charge in [0, 0.05) is 12.5 Å². The minimum atomic E-state index is -3.14. The fraction of sp³-hybridized carbons (Fsp3) is 0.308. The smallest absolute Gasteiger partial charge is 0.337 e. The van der Waals surface area contributed by atoms with Gasteiger partial charge in [-0.05, 0) is 17.7 Å². The van der Waals surface area contributed by atoms with Gasteiger partial charge in [-0.2, -0.15) is 0 Å². The largest absolute Gasteiger partial charge is 0.465 e. The second-order valence-electron chi connectivity index (χ2n) is 4.67. The van der Waals surface area contributed by atoms with Crippen LogP contribution in [0, 0.1) is 0 Å². The summed E-state index contributed by atoms with van der Waals surface area (Å²) in [5.41, 5.74) is 1.68. The first-order chi connectivity index (χ1) is 9.87. The molecular formula is C13H15N3O4S. The van der Waals surface area contributed by atoms with E-state index in [1.807, 2.05) is 6.07 Å². The molecule has 1 aromatic carbocycles. The number of carbonyl (C=O) groups is 1. The fourth-order valence-corrected chi connectivity index (χ4v) is 2.52. The van der Waals surface area contributed by atoms with E-state index in [1.54, 1.807) is 24.4 Å². The van der Waals surface area contributed by atoms with Crippen molar-refractivity contribution in [2.45, 2.75) is 12.3 Å². The van der Waals surface area contributed by atoms with E-state index in [-0.39, 0.29) is 5.75 Å². The number of rotatable bonds is 5. The van der Waals surface area contributed by atoms with Crippen molar-refractivity contribution in [3.05, 3.63) is 47.3 Å². The molecular weight excluding hydrogens is 294 g/mol. The summed E-state index contributed by atoms with van der Waals surface area (Å²) in [6.45, 7) is 0.390. The Balaban J connectivity index is 2.13. The number of carbonyl (C=O) groups excluding carboxylic acids is 1. The van der Waals surface area contributed by atoms with Gasteiger partial charge in [0.1, 0.15) is 0 Å². The molecule has 0 saturated heterocycles. The van der Waals surface area contributed by atoms with Crippen LogP contribution in [0.15, 0.2) is 30.5 Å². The summed E-state index contributed by atoms with van der Waals surface area (Å²) in [6, 6.07) is 6.94. The predicted molar refractivity (Wildman–Crippen MR) is 75.5 cm³/mol. The average molecular weight is 309 g/mol. The number of esters is 1. The lowest BCUT2D eigenvalue weighted by molar-refractivity contribution is 0.0600. The number of hydrogen-bond acceptors (Lipinski definition) is 6. The molecule has 0 radical (unpaired) electrons. The second kappa shape index (κ2) is 6.04. The van der Waals surface area contributed by atoms with Crippen LogP contribution >= 0.6 is 0 Å². The molecule has 0 N–H and O–H groups in total. The number of sulfone groups is 1. The molecule has 8 heteroatoms. The molecule has 0 aliphatic heterocycles. The van der Waals surface area contributed by atoms with E-state index in [2.05, 4.69) is 15.0 Å². The number of methoxy groups -OCH3 is 1. The van der Waals surface area contributed by atoms with Crippen LogP contribution in [0.25, 0.3) is 0 Å². The highest BCUT2D eigenvalue weighted by Crippen LogP contribution is 2.09. The van der Waals surface area contributed by atoms with Gasteiger partial charge < -0.3 is 4.74 Å². The maximum Gasteiger partial charge on any atom is 0.337 e. The summed E-state index contributed by atoms with van der Waals surface area (Å²) in [4.78, 5) is 11.5. The Morgan fingerprint density at radius 2 is 2.14 bits per heavy atom. The minimum absolute atomic E-state index is 0.144. The standard InChI is InChI=1S/C13H15N3O4S/c1-20-13(17)11-5-3-4-10(6-11)7-16-8-12(14-15-16)9-21(2,18)19/h3-6,8H,7,9H2,1-2H3. The lowest BCUT2D eigenvalue weighted by Gasteiger charge is -2.03. The summed E-state index contributed by atoms with van der Waals surface area (Å²) in [6.07, 6.45) is 2.72. The molecule has 0 saturated carbocycles. The predicted octanol–water partition coefficient (Wildman–Crippen LogP) is 0.658. The third kappa shape index (κ3) is 4.38. The van der Waals surface area contributed by atoms with Crippen molar-refractivity contribution in [2.24, 2.45) is 0 Å². The van der Waals surface area contributed by atoms with Gasteiger partial charge in [-0.3, -0.25) is 0 Å². The number of ether oxygens (including phenoxy) is 1. The van der Waals surface area contributed by atoms with Crippen molar-refractivity contribution in [2.75, 3.05) is 13.4 Å². The van der Waals surface area contributed by atoms with E-state index < -0.39 is 15.8 Å². The second-order valence-corrected chi connectivity index (χ2v) is 6.81. The molecule has 7 nitrogen and oxygen atoms in total. The molecule has 0 unspecified atom stereocenters. The molecule has 2 aromatic rings. The molecule has 0 bridgehead atoms. The van der Waals surface area contributed by atoms with Gasteiger partial charge >= 0.3 is 5.97 Å². The van der Waals surface area contributed by atoms with Crippen LogP contribution in [-0.2, 0) is 26.9 Å². The minimum Gasteiger partial charge on any atom is -0.465 e. The van der Waals surface area contributed by atoms with E-state index in [1.165, 1.54) is 11.8 Å². The van der Waals surface area contributed by atoms with Crippen molar-refractivity contribution in [3.8, 4) is 0 Å². The molecule has 112 valence electrons. The zero-order chi connectivity index (χ0) is 15.5. The summed E-state index contributed by atoms with van der Waals surface area (Å²) in [7, 11) is -1.81. The first kappa shape index (κ1) is 15.2. The quantitative estimate of drug-likeness (QED) is 0.753. The van der Waals surface area contributed by atoms with Gasteiger partial charge in [0.25, 0.3) is 0 Å². The van der Waals surface area contributed by atoms with Gasteiger partial charge in [0.15, 0.2) is 9.84 Å². The summed E-state index contributed by atoms with van der Waals surface area (Å²) >= 11 is 0.